The molecule has 5 aromatic carbocycles. The van der Waals surface area contributed by atoms with Crippen molar-refractivity contribution in [2.24, 2.45) is 0 Å². The van der Waals surface area contributed by atoms with Crippen LogP contribution in [0.5, 0.6) is 0 Å². The third-order valence-electron chi connectivity index (χ3n) is 6.93. The molecule has 6 aromatic rings. The zero-order valence-electron chi connectivity index (χ0n) is 22.4. The second-order valence-electron chi connectivity index (χ2n) is 9.44. The second-order valence-corrected chi connectivity index (χ2v) is 10.2. The fourth-order valence-electron chi connectivity index (χ4n) is 5.23. The molecule has 0 amide bonds. The molecule has 0 saturated heterocycles. The molecule has 0 N–H and O–H groups in total. The first kappa shape index (κ1) is 28.2. The van der Waals surface area contributed by atoms with Crippen LogP contribution in [0, 0.1) is 10.2 Å². The molecule has 0 atom stereocenters. The highest BCUT2D eigenvalue weighted by Gasteiger charge is 2.24. The van der Waals surface area contributed by atoms with Crippen LogP contribution in [0.25, 0.3) is 55.5 Å². The van der Waals surface area contributed by atoms with Gasteiger partial charge in [-0.05, 0) is 64.6 Å². The molecule has 1 heterocycles. The highest BCUT2D eigenvalue weighted by molar-refractivity contribution is 5.96. The van der Waals surface area contributed by atoms with Crippen LogP contribution in [0.4, 0.5) is 0 Å². The van der Waals surface area contributed by atoms with Gasteiger partial charge in [-0.25, -0.2) is 18.6 Å². The number of aryl methyl sites for hydroxylation is 1. The average molecular weight is 562 g/mol. The molecule has 1 aromatic heterocycles. The Labute approximate surface area is 241 Å². The van der Waals surface area contributed by atoms with Crippen LogP contribution in [0.3, 0.4) is 0 Å². The van der Waals surface area contributed by atoms with Crippen LogP contribution in [0.15, 0.2) is 140 Å². The van der Waals surface area contributed by atoms with E-state index >= 15 is 0 Å². The number of halogens is 1. The monoisotopic (exact) mass is 561 g/mol. The van der Waals surface area contributed by atoms with Crippen LogP contribution in [-0.2, 0) is 6.54 Å². The molecule has 6 rings (SSSR count). The number of hydrogen-bond acceptors (Lipinski definition) is 4. The Hall–Kier alpha value is -4.36. The lowest BCUT2D eigenvalue weighted by Crippen LogP contribution is -2.68. The lowest BCUT2D eigenvalue weighted by atomic mass is 9.86. The number of fused-ring (bicyclic) bond motifs is 1. The van der Waals surface area contributed by atoms with Crippen LogP contribution in [-0.4, -0.2) is 0 Å². The molecule has 0 radical (unpaired) electrons. The van der Waals surface area contributed by atoms with Crippen molar-refractivity contribution in [1.82, 2.24) is 0 Å². The van der Waals surface area contributed by atoms with Crippen molar-refractivity contribution < 1.29 is 33.4 Å². The van der Waals surface area contributed by atoms with Gasteiger partial charge in [-0.2, -0.15) is 4.57 Å². The highest BCUT2D eigenvalue weighted by Crippen LogP contribution is 2.42. The van der Waals surface area contributed by atoms with E-state index in [4.69, 9.17) is 18.6 Å². The van der Waals surface area contributed by atoms with Gasteiger partial charge in [0.25, 0.3) is 0 Å². The number of benzene rings is 5. The maximum absolute atomic E-state index is 8.49. The molecule has 204 valence electrons. The van der Waals surface area contributed by atoms with Crippen molar-refractivity contribution >= 4 is 10.9 Å². The highest BCUT2D eigenvalue weighted by atomic mass is 35.7. The molecule has 0 bridgehead atoms. The van der Waals surface area contributed by atoms with Gasteiger partial charge < -0.3 is 0 Å². The Kier molecular flexibility index (Phi) is 8.55. The minimum atomic E-state index is -4.94. The molecule has 0 spiro atoms. The van der Waals surface area contributed by atoms with E-state index in [0.717, 1.165) is 6.54 Å². The molecule has 0 aliphatic rings. The smallest absolute Gasteiger partial charge is 0.214 e. The van der Waals surface area contributed by atoms with Gasteiger partial charge in [0.05, 0.1) is 5.56 Å². The molecule has 0 aliphatic carbocycles. The summed E-state index contributed by atoms with van der Waals surface area (Å²) < 4.78 is 36.4. The molecule has 0 saturated carbocycles. The van der Waals surface area contributed by atoms with E-state index in [1.165, 1.54) is 55.5 Å². The number of aromatic nitrogens is 1. The fraction of sp³-hybridized carbons (Fsp3) is 0.0571. The van der Waals surface area contributed by atoms with Crippen LogP contribution >= 0.6 is 0 Å². The summed E-state index contributed by atoms with van der Waals surface area (Å²) in [5, 5.41) is 1.26. The summed E-state index contributed by atoms with van der Waals surface area (Å²) >= 11 is 0. The summed E-state index contributed by atoms with van der Waals surface area (Å²) in [5.74, 6) is 0. The van der Waals surface area contributed by atoms with Gasteiger partial charge in [0.1, 0.15) is 6.54 Å². The minimum absolute atomic E-state index is 0.888. The van der Waals surface area contributed by atoms with Crippen molar-refractivity contribution in [1.29, 1.82) is 0 Å². The van der Waals surface area contributed by atoms with Crippen LogP contribution in [0.1, 0.15) is 6.92 Å². The van der Waals surface area contributed by atoms with Gasteiger partial charge in [-0.1, -0.05) is 103 Å². The maximum atomic E-state index is 8.49. The second kappa shape index (κ2) is 12.4. The first-order chi connectivity index (χ1) is 19.8. The first-order valence-electron chi connectivity index (χ1n) is 13.2. The van der Waals surface area contributed by atoms with Gasteiger partial charge in [0.2, 0.25) is 11.2 Å². The van der Waals surface area contributed by atoms with E-state index in [1.807, 2.05) is 0 Å². The van der Waals surface area contributed by atoms with Gasteiger partial charge in [0.15, 0.2) is 0 Å². The van der Waals surface area contributed by atoms with Crippen LogP contribution in [0.2, 0.25) is 0 Å². The molecule has 0 unspecified atom stereocenters. The summed E-state index contributed by atoms with van der Waals surface area (Å²) in [6.45, 7) is 3.12. The van der Waals surface area contributed by atoms with Crippen molar-refractivity contribution in [3.05, 3.63) is 140 Å². The average Bonchev–Trinajstić information content (AvgIpc) is 3.00. The van der Waals surface area contributed by atoms with Gasteiger partial charge >= 0.3 is 0 Å². The van der Waals surface area contributed by atoms with Crippen molar-refractivity contribution in [3.63, 3.8) is 0 Å². The van der Waals surface area contributed by atoms with E-state index < -0.39 is 10.2 Å². The Balaban J connectivity index is 0.000000623. The van der Waals surface area contributed by atoms with Crippen molar-refractivity contribution in [2.45, 2.75) is 13.5 Å². The normalized spacial score (nSPS) is 11.1. The predicted molar refractivity (Wildman–Crippen MR) is 152 cm³/mol. The molecule has 0 fully saturated rings. The van der Waals surface area contributed by atoms with Crippen LogP contribution < -0.4 is 23.2 Å². The third kappa shape index (κ3) is 6.69. The number of nitrogens with zero attached hydrogens (tertiary/aromatic N) is 1. The molecular formula is C35H28ClNO4. The number of pyridine rings is 1. The molecule has 5 nitrogen and oxygen atoms in total. The number of para-hydroxylation sites is 1. The lowest BCUT2D eigenvalue weighted by Gasteiger charge is -2.18. The minimum Gasteiger partial charge on any atom is -0.222 e. The quantitative estimate of drug-likeness (QED) is 0.297. The third-order valence-corrected chi connectivity index (χ3v) is 6.93. The van der Waals surface area contributed by atoms with Crippen molar-refractivity contribution in [2.75, 3.05) is 0 Å². The maximum Gasteiger partial charge on any atom is 0.214 e. The zero-order chi connectivity index (χ0) is 28.8. The van der Waals surface area contributed by atoms with Gasteiger partial charge in [0, 0.05) is 17.5 Å². The Morgan fingerprint density at radius 3 is 1.44 bits per heavy atom. The van der Waals surface area contributed by atoms with Gasteiger partial charge in [-0.3, -0.25) is 0 Å². The summed E-state index contributed by atoms with van der Waals surface area (Å²) in [5.41, 5.74) is 11.1. The summed E-state index contributed by atoms with van der Waals surface area (Å²) in [4.78, 5) is 0. The Bertz CT molecular complexity index is 1690. The standard InChI is InChI=1S/C35H28N.ClHO4/c1-2-36-33-21-13-12-20-29(33)22-23-34(36)35-31(27-16-8-4-9-17-27)24-30(26-14-6-3-7-15-26)25-32(35)28-18-10-5-11-19-28;2-1(3,4)5/h3-25H,2H2,1H3;(H,2,3,4,5)/q+1;/p-1. The van der Waals surface area contributed by atoms with E-state index in [-0.39, 0.29) is 0 Å². The first-order valence-corrected chi connectivity index (χ1v) is 14.4. The largest absolute Gasteiger partial charge is 0.222 e. The van der Waals surface area contributed by atoms with E-state index in [1.54, 1.807) is 0 Å². The summed E-state index contributed by atoms with van der Waals surface area (Å²) in [7, 11) is -4.94. The molecule has 0 aliphatic heterocycles. The SMILES string of the molecule is CC[n+]1c(-c2c(-c3ccccc3)cc(-c3ccccc3)cc2-c2ccccc2)ccc2ccccc21.[O-][Cl+3]([O-])([O-])[O-]. The number of rotatable bonds is 5. The van der Waals surface area contributed by atoms with Gasteiger partial charge in [-0.15, -0.1) is 10.2 Å². The Morgan fingerprint density at radius 2 is 0.951 bits per heavy atom. The molecule has 6 heteroatoms. The zero-order valence-corrected chi connectivity index (χ0v) is 23.2. The van der Waals surface area contributed by atoms with E-state index in [2.05, 4.69) is 151 Å². The van der Waals surface area contributed by atoms with Crippen molar-refractivity contribution in [3.8, 4) is 44.6 Å². The van der Waals surface area contributed by atoms with E-state index in [0.29, 0.717) is 0 Å². The summed E-state index contributed by atoms with van der Waals surface area (Å²) in [6, 6.07) is 50.2. The molecule has 41 heavy (non-hydrogen) atoms. The topological polar surface area (TPSA) is 96.1 Å². The fourth-order valence-corrected chi connectivity index (χ4v) is 5.23. The predicted octanol–water partition coefficient (Wildman–Crippen LogP) is 4.06. The van der Waals surface area contributed by atoms with E-state index in [9.17, 15) is 0 Å². The number of hydrogen-bond donors (Lipinski definition) is 0. The molecular weight excluding hydrogens is 534 g/mol. The summed E-state index contributed by atoms with van der Waals surface area (Å²) in [6.07, 6.45) is 0. The Morgan fingerprint density at radius 1 is 0.512 bits per heavy atom. The lowest BCUT2D eigenvalue weighted by molar-refractivity contribution is -2.00.